The van der Waals surface area contributed by atoms with Crippen LogP contribution in [0, 0.1) is 0 Å². The number of carboxylic acid groups (broad SMARTS) is 1. The number of aromatic carboxylic acids is 1. The van der Waals surface area contributed by atoms with Gasteiger partial charge in [0.1, 0.15) is 0 Å². The number of hydrogen-bond donors (Lipinski definition) is 2. The lowest BCUT2D eigenvalue weighted by molar-refractivity contribution is -0.122. The number of anilines is 1. The molecule has 3 aromatic rings. The van der Waals surface area contributed by atoms with Gasteiger partial charge in [-0.2, -0.15) is 0 Å². The average Bonchev–Trinajstić information content (AvgIpc) is 2.89. The van der Waals surface area contributed by atoms with Crippen molar-refractivity contribution in [1.82, 2.24) is 9.88 Å². The number of hydrogen-bond acceptors (Lipinski definition) is 5. The molecule has 1 aliphatic heterocycles. The smallest absolute Gasteiger partial charge is 0.337 e. The summed E-state index contributed by atoms with van der Waals surface area (Å²) in [5.74, 6) is -2.12. The first kappa shape index (κ1) is 24.1. The molecule has 0 bridgehead atoms. The molecule has 178 valence electrons. The summed E-state index contributed by atoms with van der Waals surface area (Å²) < 4.78 is 0. The van der Waals surface area contributed by atoms with E-state index in [1.54, 1.807) is 42.6 Å². The van der Waals surface area contributed by atoms with Crippen LogP contribution in [0.5, 0.6) is 0 Å². The first-order valence-corrected chi connectivity index (χ1v) is 11.3. The van der Waals surface area contributed by atoms with E-state index in [1.807, 2.05) is 6.07 Å². The third-order valence-corrected chi connectivity index (χ3v) is 6.01. The number of amides is 2. The van der Waals surface area contributed by atoms with Crippen LogP contribution in [0.25, 0.3) is 0 Å². The van der Waals surface area contributed by atoms with Crippen molar-refractivity contribution < 1.29 is 24.3 Å². The number of halogens is 1. The fourth-order valence-corrected chi connectivity index (χ4v) is 4.38. The number of benzene rings is 2. The molecule has 2 aromatic carbocycles. The van der Waals surface area contributed by atoms with Crippen molar-refractivity contribution in [2.75, 3.05) is 5.32 Å². The van der Waals surface area contributed by atoms with Crippen molar-refractivity contribution in [2.24, 2.45) is 0 Å². The number of ketones is 1. The second kappa shape index (κ2) is 10.1. The molecule has 0 aliphatic carbocycles. The van der Waals surface area contributed by atoms with Gasteiger partial charge in [0.15, 0.2) is 5.78 Å². The summed E-state index contributed by atoms with van der Waals surface area (Å²) in [6, 6.07) is 13.9. The van der Waals surface area contributed by atoms with Crippen LogP contribution >= 0.6 is 11.6 Å². The quantitative estimate of drug-likeness (QED) is 0.542. The van der Waals surface area contributed by atoms with E-state index in [0.29, 0.717) is 27.4 Å². The number of fused-ring (bicyclic) bond motifs is 1. The number of nitrogens with zero attached hydrogens (tertiary/aromatic N) is 2. The number of rotatable bonds is 6. The predicted molar refractivity (Wildman–Crippen MR) is 129 cm³/mol. The minimum atomic E-state index is -1.19. The molecule has 8 nitrogen and oxygen atoms in total. The monoisotopic (exact) mass is 491 g/mol. The van der Waals surface area contributed by atoms with E-state index in [9.17, 15) is 24.3 Å². The Bertz CT molecular complexity index is 1330. The molecule has 2 heterocycles. The third kappa shape index (κ3) is 5.38. The van der Waals surface area contributed by atoms with Crippen LogP contribution in [-0.2, 0) is 29.0 Å². The van der Waals surface area contributed by atoms with Crippen molar-refractivity contribution in [3.8, 4) is 0 Å². The van der Waals surface area contributed by atoms with E-state index in [2.05, 4.69) is 10.3 Å². The minimum Gasteiger partial charge on any atom is -0.478 e. The molecule has 2 N–H and O–H groups in total. The Morgan fingerprint density at radius 3 is 2.63 bits per heavy atom. The van der Waals surface area contributed by atoms with Gasteiger partial charge in [0, 0.05) is 48.8 Å². The molecule has 4 rings (SSSR count). The largest absolute Gasteiger partial charge is 0.478 e. The molecule has 9 heteroatoms. The van der Waals surface area contributed by atoms with Gasteiger partial charge in [-0.1, -0.05) is 23.7 Å². The highest BCUT2D eigenvalue weighted by Crippen LogP contribution is 2.28. The maximum Gasteiger partial charge on any atom is 0.337 e. The van der Waals surface area contributed by atoms with Crippen LogP contribution in [0.2, 0.25) is 5.02 Å². The lowest BCUT2D eigenvalue weighted by Gasteiger charge is -2.29. The number of nitrogens with one attached hydrogen (secondary N) is 1. The predicted octanol–water partition coefficient (Wildman–Crippen LogP) is 3.77. The van der Waals surface area contributed by atoms with Crippen LogP contribution in [-0.4, -0.2) is 44.6 Å². The topological polar surface area (TPSA) is 117 Å². The Morgan fingerprint density at radius 1 is 1.14 bits per heavy atom. The Balaban J connectivity index is 1.76. The number of carboxylic acids is 1. The summed E-state index contributed by atoms with van der Waals surface area (Å²) in [5, 5.41) is 12.4. The number of carbonyl (C=O) groups is 4. The van der Waals surface area contributed by atoms with E-state index in [0.717, 1.165) is 0 Å². The van der Waals surface area contributed by atoms with Gasteiger partial charge in [0.2, 0.25) is 5.91 Å². The second-order valence-corrected chi connectivity index (χ2v) is 8.72. The normalized spacial score (nSPS) is 15.4. The van der Waals surface area contributed by atoms with Gasteiger partial charge in [0.25, 0.3) is 5.91 Å². The second-order valence-electron chi connectivity index (χ2n) is 8.28. The first-order chi connectivity index (χ1) is 16.7. The zero-order chi connectivity index (χ0) is 25.1. The highest BCUT2D eigenvalue weighted by molar-refractivity contribution is 6.30. The lowest BCUT2D eigenvalue weighted by Crippen LogP contribution is -2.45. The van der Waals surface area contributed by atoms with Crippen molar-refractivity contribution in [2.45, 2.75) is 32.4 Å². The molecule has 0 saturated carbocycles. The summed E-state index contributed by atoms with van der Waals surface area (Å²) in [5.41, 5.74) is 2.20. The van der Waals surface area contributed by atoms with Gasteiger partial charge in [0.05, 0.1) is 17.3 Å². The van der Waals surface area contributed by atoms with Crippen LogP contribution in [0.15, 0.2) is 60.8 Å². The van der Waals surface area contributed by atoms with Gasteiger partial charge < -0.3 is 15.3 Å². The van der Waals surface area contributed by atoms with E-state index < -0.39 is 17.9 Å². The zero-order valence-corrected chi connectivity index (χ0v) is 19.6. The molecule has 35 heavy (non-hydrogen) atoms. The lowest BCUT2D eigenvalue weighted by atomic mass is 9.99. The van der Waals surface area contributed by atoms with Crippen molar-refractivity contribution in [1.29, 1.82) is 0 Å². The Kier molecular flexibility index (Phi) is 6.93. The molecule has 0 radical (unpaired) electrons. The van der Waals surface area contributed by atoms with Crippen LogP contribution in [0.3, 0.4) is 0 Å². The molecule has 1 aromatic heterocycles. The first-order valence-electron chi connectivity index (χ1n) is 10.9. The van der Waals surface area contributed by atoms with Crippen LogP contribution < -0.4 is 5.32 Å². The molecular weight excluding hydrogens is 470 g/mol. The SMILES string of the molecule is CC(=O)Nc1cc(CN2C(=O)c3ccc(Cl)cc3CC(=O)[C@H]2Cc2ccccn2)ccc1C(=O)O. The molecule has 2 amide bonds. The number of carbonyl (C=O) groups excluding carboxylic acids is 3. The standard InChI is InChI=1S/C26H22ClN3O5/c1-15(31)29-22-10-16(5-7-21(22)26(34)35)14-30-23(13-19-4-2-3-9-28-19)24(32)12-17-11-18(27)6-8-20(17)25(30)33/h2-11,23H,12-14H2,1H3,(H,29,31)(H,34,35)/t23-/m1/s1. The van der Waals surface area contributed by atoms with E-state index >= 15 is 0 Å². The van der Waals surface area contributed by atoms with Crippen molar-refractivity contribution >= 4 is 40.9 Å². The number of Topliss-reactive ketones (excluding diaryl/α,β-unsaturated/α-hetero) is 1. The molecule has 0 saturated heterocycles. The Labute approximate surface area is 206 Å². The van der Waals surface area contributed by atoms with Crippen LogP contribution in [0.1, 0.15) is 44.5 Å². The van der Waals surface area contributed by atoms with Gasteiger partial charge in [-0.3, -0.25) is 19.4 Å². The van der Waals surface area contributed by atoms with E-state index in [4.69, 9.17) is 11.6 Å². The molecule has 1 atom stereocenters. The zero-order valence-electron chi connectivity index (χ0n) is 18.8. The van der Waals surface area contributed by atoms with Crippen LogP contribution in [0.4, 0.5) is 5.69 Å². The van der Waals surface area contributed by atoms with Gasteiger partial charge >= 0.3 is 5.97 Å². The Hall–Kier alpha value is -4.04. The van der Waals surface area contributed by atoms with Gasteiger partial charge in [-0.05, 0) is 53.6 Å². The summed E-state index contributed by atoms with van der Waals surface area (Å²) >= 11 is 6.13. The van der Waals surface area contributed by atoms with Crippen molar-refractivity contribution in [3.63, 3.8) is 0 Å². The van der Waals surface area contributed by atoms with E-state index in [-0.39, 0.29) is 42.3 Å². The Morgan fingerprint density at radius 2 is 1.94 bits per heavy atom. The molecule has 0 spiro atoms. The van der Waals surface area contributed by atoms with Gasteiger partial charge in [-0.15, -0.1) is 0 Å². The van der Waals surface area contributed by atoms with E-state index in [1.165, 1.54) is 24.0 Å². The summed E-state index contributed by atoms with van der Waals surface area (Å²) in [6.07, 6.45) is 1.89. The van der Waals surface area contributed by atoms with Gasteiger partial charge in [-0.25, -0.2) is 4.79 Å². The highest BCUT2D eigenvalue weighted by atomic mass is 35.5. The number of pyridine rings is 1. The fraction of sp³-hybridized carbons (Fsp3) is 0.192. The minimum absolute atomic E-state index is 0.0244. The maximum atomic E-state index is 13.7. The molecular formula is C26H22ClN3O5. The molecule has 0 unspecified atom stereocenters. The number of aromatic nitrogens is 1. The van der Waals surface area contributed by atoms with Crippen molar-refractivity contribution in [3.05, 3.63) is 93.8 Å². The highest BCUT2D eigenvalue weighted by Gasteiger charge is 2.36. The molecule has 0 fully saturated rings. The summed E-state index contributed by atoms with van der Waals surface area (Å²) in [6.45, 7) is 1.30. The molecule has 1 aliphatic rings. The summed E-state index contributed by atoms with van der Waals surface area (Å²) in [7, 11) is 0. The third-order valence-electron chi connectivity index (χ3n) is 5.78. The fourth-order valence-electron chi connectivity index (χ4n) is 4.18. The summed E-state index contributed by atoms with van der Waals surface area (Å²) in [4.78, 5) is 56.1. The maximum absolute atomic E-state index is 13.7. The average molecular weight is 492 g/mol.